The van der Waals surface area contributed by atoms with Gasteiger partial charge in [-0.1, -0.05) is 35.9 Å². The number of amides is 2. The summed E-state index contributed by atoms with van der Waals surface area (Å²) < 4.78 is 13.2. The van der Waals surface area contributed by atoms with E-state index in [0.29, 0.717) is 31.1 Å². The smallest absolute Gasteiger partial charge is 0.279 e. The van der Waals surface area contributed by atoms with Crippen molar-refractivity contribution in [2.24, 2.45) is 0 Å². The number of carbonyl (C=O) groups is 2. The fraction of sp³-hybridized carbons (Fsp3) is 0.364. The first kappa shape index (κ1) is 21.3. The number of benzene rings is 2. The second-order valence-electron chi connectivity index (χ2n) is 7.35. The minimum absolute atomic E-state index is 0.140. The standard InChI is InChI=1S/C22H26FN3O2S/c1-17-4-2-5-18(12-17)15-29-16-22(28)26-10-8-25(9-11-26)14-21(27)24-20-7-3-6-19(23)13-20/h2-7,12-13H,8-11,14-16H2,1H3,(H,24,27)/p+1. The lowest BCUT2D eigenvalue weighted by molar-refractivity contribution is -0.895. The van der Waals surface area contributed by atoms with Gasteiger partial charge in [0, 0.05) is 11.4 Å². The van der Waals surface area contributed by atoms with Crippen LogP contribution in [0.1, 0.15) is 11.1 Å². The lowest BCUT2D eigenvalue weighted by Crippen LogP contribution is -3.15. The number of quaternary nitrogens is 1. The SMILES string of the molecule is Cc1cccc(CSCC(=O)N2CC[NH+](CC(=O)Nc3cccc(F)c3)CC2)c1. The number of carbonyl (C=O) groups excluding carboxylic acids is 2. The minimum atomic E-state index is -0.373. The third-order valence-corrected chi connectivity index (χ3v) is 5.91. The highest BCUT2D eigenvalue weighted by atomic mass is 32.2. The van der Waals surface area contributed by atoms with Crippen molar-refractivity contribution in [3.8, 4) is 0 Å². The molecule has 2 N–H and O–H groups in total. The van der Waals surface area contributed by atoms with E-state index in [1.807, 2.05) is 11.0 Å². The number of anilines is 1. The molecular formula is C22H27FN3O2S+. The molecule has 0 unspecified atom stereocenters. The molecule has 1 aliphatic heterocycles. The predicted molar refractivity (Wildman–Crippen MR) is 115 cm³/mol. The van der Waals surface area contributed by atoms with Gasteiger partial charge in [0.1, 0.15) is 5.82 Å². The number of hydrogen-bond donors (Lipinski definition) is 2. The molecule has 2 amide bonds. The lowest BCUT2D eigenvalue weighted by atomic mass is 10.2. The highest BCUT2D eigenvalue weighted by Crippen LogP contribution is 2.14. The molecule has 0 radical (unpaired) electrons. The van der Waals surface area contributed by atoms with Crippen LogP contribution in [0.5, 0.6) is 0 Å². The van der Waals surface area contributed by atoms with Crippen molar-refractivity contribution in [1.29, 1.82) is 0 Å². The molecule has 0 atom stereocenters. The van der Waals surface area contributed by atoms with Gasteiger partial charge in [-0.2, -0.15) is 0 Å². The zero-order valence-electron chi connectivity index (χ0n) is 16.6. The first-order valence-corrected chi connectivity index (χ1v) is 10.9. The van der Waals surface area contributed by atoms with Crippen LogP contribution in [0, 0.1) is 12.7 Å². The maximum absolute atomic E-state index is 13.2. The van der Waals surface area contributed by atoms with E-state index in [2.05, 4.69) is 30.4 Å². The Labute approximate surface area is 175 Å². The molecule has 1 fully saturated rings. The second kappa shape index (κ2) is 10.4. The molecule has 0 aromatic heterocycles. The summed E-state index contributed by atoms with van der Waals surface area (Å²) in [4.78, 5) is 27.6. The van der Waals surface area contributed by atoms with Crippen LogP contribution in [0.2, 0.25) is 0 Å². The molecule has 1 saturated heterocycles. The summed E-state index contributed by atoms with van der Waals surface area (Å²) in [5.74, 6) is 0.954. The van der Waals surface area contributed by atoms with Crippen molar-refractivity contribution in [2.45, 2.75) is 12.7 Å². The molecule has 0 saturated carbocycles. The van der Waals surface area contributed by atoms with Crippen molar-refractivity contribution in [3.05, 3.63) is 65.5 Å². The first-order valence-electron chi connectivity index (χ1n) is 9.79. The highest BCUT2D eigenvalue weighted by Gasteiger charge is 2.25. The molecule has 0 aliphatic carbocycles. The van der Waals surface area contributed by atoms with E-state index in [1.54, 1.807) is 23.9 Å². The Bertz CT molecular complexity index is 853. The Morgan fingerprint density at radius 3 is 2.62 bits per heavy atom. The molecule has 5 nitrogen and oxygen atoms in total. The van der Waals surface area contributed by atoms with Gasteiger partial charge in [0.25, 0.3) is 5.91 Å². The second-order valence-corrected chi connectivity index (χ2v) is 8.33. The van der Waals surface area contributed by atoms with Gasteiger partial charge < -0.3 is 15.1 Å². The zero-order chi connectivity index (χ0) is 20.6. The average Bonchev–Trinajstić information content (AvgIpc) is 2.68. The van der Waals surface area contributed by atoms with Crippen molar-refractivity contribution in [1.82, 2.24) is 4.90 Å². The quantitative estimate of drug-likeness (QED) is 0.723. The van der Waals surface area contributed by atoms with Crippen LogP contribution in [0.25, 0.3) is 0 Å². The first-order chi connectivity index (χ1) is 14.0. The molecule has 0 spiro atoms. The van der Waals surface area contributed by atoms with Gasteiger partial charge in [-0.05, 0) is 30.7 Å². The third-order valence-electron chi connectivity index (χ3n) is 4.92. The number of thioether (sulfide) groups is 1. The summed E-state index contributed by atoms with van der Waals surface area (Å²) in [6, 6.07) is 14.2. The summed E-state index contributed by atoms with van der Waals surface area (Å²) in [5.41, 5.74) is 2.94. The Kier molecular flexibility index (Phi) is 7.66. The maximum atomic E-state index is 13.2. The zero-order valence-corrected chi connectivity index (χ0v) is 17.4. The predicted octanol–water partition coefficient (Wildman–Crippen LogP) is 1.73. The molecule has 1 aliphatic rings. The van der Waals surface area contributed by atoms with E-state index in [9.17, 15) is 14.0 Å². The summed E-state index contributed by atoms with van der Waals surface area (Å²) in [5, 5.41) is 2.73. The number of piperazine rings is 1. The normalized spacial score (nSPS) is 14.6. The number of aryl methyl sites for hydroxylation is 1. The number of hydrogen-bond acceptors (Lipinski definition) is 3. The molecule has 0 bridgehead atoms. The number of nitrogens with one attached hydrogen (secondary N) is 2. The molecule has 1 heterocycles. The number of nitrogens with zero attached hydrogens (tertiary/aromatic N) is 1. The van der Waals surface area contributed by atoms with Crippen LogP contribution in [0.4, 0.5) is 10.1 Å². The number of rotatable bonds is 7. The van der Waals surface area contributed by atoms with Crippen LogP contribution in [0.15, 0.2) is 48.5 Å². The monoisotopic (exact) mass is 416 g/mol. The Morgan fingerprint density at radius 1 is 1.14 bits per heavy atom. The van der Waals surface area contributed by atoms with E-state index in [0.717, 1.165) is 23.7 Å². The van der Waals surface area contributed by atoms with Gasteiger partial charge in [-0.3, -0.25) is 9.59 Å². The van der Waals surface area contributed by atoms with E-state index >= 15 is 0 Å². The van der Waals surface area contributed by atoms with Gasteiger partial charge >= 0.3 is 0 Å². The fourth-order valence-corrected chi connectivity index (χ4v) is 4.27. The van der Waals surface area contributed by atoms with Gasteiger partial charge in [-0.25, -0.2) is 4.39 Å². The van der Waals surface area contributed by atoms with Gasteiger partial charge in [-0.15, -0.1) is 11.8 Å². The summed E-state index contributed by atoms with van der Waals surface area (Å²) in [7, 11) is 0. The molecule has 29 heavy (non-hydrogen) atoms. The van der Waals surface area contributed by atoms with Gasteiger partial charge in [0.05, 0.1) is 31.9 Å². The summed E-state index contributed by atoms with van der Waals surface area (Å²) >= 11 is 1.64. The Morgan fingerprint density at radius 2 is 1.90 bits per heavy atom. The van der Waals surface area contributed by atoms with E-state index in [4.69, 9.17) is 0 Å². The van der Waals surface area contributed by atoms with Crippen LogP contribution >= 0.6 is 11.8 Å². The molecule has 7 heteroatoms. The maximum Gasteiger partial charge on any atom is 0.279 e. The minimum Gasteiger partial charge on any atom is -0.331 e. The molecular weight excluding hydrogens is 389 g/mol. The van der Waals surface area contributed by atoms with Crippen LogP contribution in [0.3, 0.4) is 0 Å². The van der Waals surface area contributed by atoms with Crippen molar-refractivity contribution >= 4 is 29.3 Å². The van der Waals surface area contributed by atoms with Crippen LogP contribution in [-0.2, 0) is 15.3 Å². The average molecular weight is 417 g/mol. The largest absolute Gasteiger partial charge is 0.331 e. The third kappa shape index (κ3) is 6.87. The fourth-order valence-electron chi connectivity index (χ4n) is 3.40. The molecule has 154 valence electrons. The lowest BCUT2D eigenvalue weighted by Gasteiger charge is -2.31. The summed E-state index contributed by atoms with van der Waals surface area (Å²) in [6.07, 6.45) is 0. The van der Waals surface area contributed by atoms with Crippen molar-refractivity contribution in [2.75, 3.05) is 43.8 Å². The van der Waals surface area contributed by atoms with Crippen molar-refractivity contribution in [3.63, 3.8) is 0 Å². The van der Waals surface area contributed by atoms with Crippen LogP contribution < -0.4 is 10.2 Å². The Hall–Kier alpha value is -2.38. The molecule has 2 aromatic carbocycles. The molecule has 3 rings (SSSR count). The van der Waals surface area contributed by atoms with E-state index in [1.165, 1.54) is 23.3 Å². The topological polar surface area (TPSA) is 53.9 Å². The van der Waals surface area contributed by atoms with Gasteiger partial charge in [0.15, 0.2) is 6.54 Å². The van der Waals surface area contributed by atoms with Crippen LogP contribution in [-0.4, -0.2) is 55.2 Å². The Balaban J connectivity index is 1.36. The highest BCUT2D eigenvalue weighted by molar-refractivity contribution is 7.99. The van der Waals surface area contributed by atoms with Gasteiger partial charge in [0.2, 0.25) is 5.91 Å². The van der Waals surface area contributed by atoms with Crippen molar-refractivity contribution < 1.29 is 18.9 Å². The van der Waals surface area contributed by atoms with E-state index in [-0.39, 0.29) is 17.6 Å². The molecule has 2 aromatic rings. The summed E-state index contributed by atoms with van der Waals surface area (Å²) in [6.45, 7) is 5.19. The number of halogens is 1. The van der Waals surface area contributed by atoms with E-state index < -0.39 is 0 Å².